The molecule has 1 aromatic heterocycles. The van der Waals surface area contributed by atoms with Gasteiger partial charge in [0.05, 0.1) is 18.2 Å². The van der Waals surface area contributed by atoms with Crippen molar-refractivity contribution in [2.75, 3.05) is 6.61 Å². The van der Waals surface area contributed by atoms with E-state index in [0.717, 1.165) is 0 Å². The summed E-state index contributed by atoms with van der Waals surface area (Å²) >= 11 is 0. The molecule has 0 bridgehead atoms. The Labute approximate surface area is 110 Å². The molecule has 6 heteroatoms. The highest BCUT2D eigenvalue weighted by Gasteiger charge is 2.10. The van der Waals surface area contributed by atoms with E-state index in [2.05, 4.69) is 21.0 Å². The van der Waals surface area contributed by atoms with Gasteiger partial charge in [0.15, 0.2) is 11.5 Å². The number of aromatic nitrogens is 2. The molecule has 0 saturated carbocycles. The normalized spacial score (nSPS) is 9.95. The molecule has 0 N–H and O–H groups in total. The Morgan fingerprint density at radius 1 is 1.26 bits per heavy atom. The van der Waals surface area contributed by atoms with Crippen LogP contribution in [0.5, 0.6) is 11.5 Å². The quantitative estimate of drug-likeness (QED) is 0.819. The Morgan fingerprint density at radius 3 is 2.74 bits per heavy atom. The lowest BCUT2D eigenvalue weighted by Gasteiger charge is -2.11. The van der Waals surface area contributed by atoms with Gasteiger partial charge in [-0.15, -0.1) is 0 Å². The summed E-state index contributed by atoms with van der Waals surface area (Å²) < 4.78 is 15.7. The fraction of sp³-hybridized carbons (Fsp3) is 0.308. The van der Waals surface area contributed by atoms with Gasteiger partial charge < -0.3 is 9.47 Å². The summed E-state index contributed by atoms with van der Waals surface area (Å²) in [5.41, 5.74) is 1.84. The van der Waals surface area contributed by atoms with E-state index in [1.54, 1.807) is 25.1 Å². The van der Waals surface area contributed by atoms with Crippen LogP contribution in [0.15, 0.2) is 22.8 Å². The van der Waals surface area contributed by atoms with E-state index in [0.29, 0.717) is 35.1 Å². The molecule has 0 aliphatic carbocycles. The number of aryl methyl sites for hydroxylation is 1. The van der Waals surface area contributed by atoms with E-state index in [1.165, 1.54) is 0 Å². The van der Waals surface area contributed by atoms with Gasteiger partial charge in [0, 0.05) is 6.07 Å². The van der Waals surface area contributed by atoms with Crippen LogP contribution in [-0.2, 0) is 6.61 Å². The minimum Gasteiger partial charge on any atom is -0.490 e. The van der Waals surface area contributed by atoms with Gasteiger partial charge in [0.2, 0.25) is 0 Å². The monoisotopic (exact) mass is 259 g/mol. The van der Waals surface area contributed by atoms with Crippen molar-refractivity contribution in [2.45, 2.75) is 20.5 Å². The highest BCUT2D eigenvalue weighted by molar-refractivity contribution is 5.46. The van der Waals surface area contributed by atoms with Crippen LogP contribution >= 0.6 is 0 Å². The largest absolute Gasteiger partial charge is 0.490 e. The molecule has 0 radical (unpaired) electrons. The highest BCUT2D eigenvalue weighted by Crippen LogP contribution is 2.29. The maximum atomic E-state index is 8.86. The third-order valence-electron chi connectivity index (χ3n) is 2.48. The summed E-state index contributed by atoms with van der Waals surface area (Å²) in [5, 5.41) is 16.3. The van der Waals surface area contributed by atoms with Crippen LogP contribution in [0.2, 0.25) is 0 Å². The van der Waals surface area contributed by atoms with Gasteiger partial charge in [-0.1, -0.05) is 10.3 Å². The van der Waals surface area contributed by atoms with Gasteiger partial charge in [-0.3, -0.25) is 0 Å². The first kappa shape index (κ1) is 12.9. The van der Waals surface area contributed by atoms with Gasteiger partial charge in [0.1, 0.15) is 18.0 Å². The maximum absolute atomic E-state index is 8.86. The molecule has 19 heavy (non-hydrogen) atoms. The van der Waals surface area contributed by atoms with Crippen molar-refractivity contribution < 1.29 is 14.1 Å². The number of hydrogen-bond donors (Lipinski definition) is 0. The summed E-state index contributed by atoms with van der Waals surface area (Å²) in [4.78, 5) is 0. The zero-order chi connectivity index (χ0) is 13.7. The fourth-order valence-corrected chi connectivity index (χ4v) is 1.49. The first-order chi connectivity index (χ1) is 9.24. The predicted octanol–water partition coefficient (Wildman–Crippen LogP) is 2.23. The van der Waals surface area contributed by atoms with Crippen LogP contribution < -0.4 is 9.47 Å². The van der Waals surface area contributed by atoms with Gasteiger partial charge in [0.25, 0.3) is 0 Å². The van der Waals surface area contributed by atoms with E-state index in [4.69, 9.17) is 14.7 Å². The lowest BCUT2D eigenvalue weighted by Crippen LogP contribution is -2.01. The zero-order valence-electron chi connectivity index (χ0n) is 10.7. The molecule has 0 unspecified atom stereocenters. The first-order valence-corrected chi connectivity index (χ1v) is 5.82. The molecule has 2 aromatic rings. The lowest BCUT2D eigenvalue weighted by molar-refractivity contribution is 0.253. The maximum Gasteiger partial charge on any atom is 0.162 e. The topological polar surface area (TPSA) is 81.2 Å². The van der Waals surface area contributed by atoms with E-state index in [9.17, 15) is 0 Å². The summed E-state index contributed by atoms with van der Waals surface area (Å²) in [7, 11) is 0. The summed E-state index contributed by atoms with van der Waals surface area (Å²) in [6.45, 7) is 4.39. The highest BCUT2D eigenvalue weighted by atomic mass is 16.6. The number of hydrogen-bond acceptors (Lipinski definition) is 6. The minimum absolute atomic E-state index is 0.237. The van der Waals surface area contributed by atoms with E-state index < -0.39 is 0 Å². The standard InChI is InChI=1S/C13H13N3O3/c1-3-17-13-6-10(7-14)4-5-12(13)18-8-11-9(2)15-19-16-11/h4-6H,3,8H2,1-2H3. The van der Waals surface area contributed by atoms with Crippen LogP contribution in [0.3, 0.4) is 0 Å². The summed E-state index contributed by atoms with van der Waals surface area (Å²) in [6.07, 6.45) is 0. The van der Waals surface area contributed by atoms with Crippen molar-refractivity contribution in [3.63, 3.8) is 0 Å². The van der Waals surface area contributed by atoms with E-state index >= 15 is 0 Å². The Morgan fingerprint density at radius 2 is 2.11 bits per heavy atom. The average Bonchev–Trinajstić information content (AvgIpc) is 2.83. The van der Waals surface area contributed by atoms with Crippen molar-refractivity contribution in [3.8, 4) is 17.6 Å². The van der Waals surface area contributed by atoms with Crippen LogP contribution in [0, 0.1) is 18.3 Å². The Kier molecular flexibility index (Phi) is 3.98. The fourth-order valence-electron chi connectivity index (χ4n) is 1.49. The second kappa shape index (κ2) is 5.87. The predicted molar refractivity (Wildman–Crippen MR) is 65.7 cm³/mol. The number of nitrogens with zero attached hydrogens (tertiary/aromatic N) is 3. The minimum atomic E-state index is 0.237. The number of ether oxygens (including phenoxy) is 2. The molecule has 0 fully saturated rings. The van der Waals surface area contributed by atoms with Crippen LogP contribution in [0.4, 0.5) is 0 Å². The molecule has 0 aliphatic rings. The molecular weight excluding hydrogens is 246 g/mol. The molecule has 0 aliphatic heterocycles. The van der Waals surface area contributed by atoms with Crippen LogP contribution in [0.1, 0.15) is 23.9 Å². The lowest BCUT2D eigenvalue weighted by atomic mass is 10.2. The van der Waals surface area contributed by atoms with E-state index in [1.807, 2.05) is 6.92 Å². The molecule has 6 nitrogen and oxygen atoms in total. The zero-order valence-corrected chi connectivity index (χ0v) is 10.7. The van der Waals surface area contributed by atoms with E-state index in [-0.39, 0.29) is 6.61 Å². The van der Waals surface area contributed by atoms with Gasteiger partial charge in [-0.2, -0.15) is 5.26 Å². The van der Waals surface area contributed by atoms with Crippen molar-refractivity contribution in [1.82, 2.24) is 10.3 Å². The molecule has 1 heterocycles. The number of benzene rings is 1. The summed E-state index contributed by atoms with van der Waals surface area (Å²) in [5.74, 6) is 1.10. The molecule has 98 valence electrons. The van der Waals surface area contributed by atoms with Gasteiger partial charge in [-0.05, 0) is 26.0 Å². The summed E-state index contributed by atoms with van der Waals surface area (Å²) in [6, 6.07) is 7.08. The SMILES string of the molecule is CCOc1cc(C#N)ccc1OCc1nonc1C. The molecule has 2 rings (SSSR count). The molecule has 1 aromatic carbocycles. The smallest absolute Gasteiger partial charge is 0.162 e. The van der Waals surface area contributed by atoms with Crippen molar-refractivity contribution in [1.29, 1.82) is 5.26 Å². The second-order valence-corrected chi connectivity index (χ2v) is 3.79. The third kappa shape index (κ3) is 3.01. The Hall–Kier alpha value is -2.55. The number of rotatable bonds is 5. The molecule has 0 spiro atoms. The molecule has 0 atom stereocenters. The molecule has 0 amide bonds. The van der Waals surface area contributed by atoms with Crippen LogP contribution in [-0.4, -0.2) is 16.9 Å². The molecule has 0 saturated heterocycles. The second-order valence-electron chi connectivity index (χ2n) is 3.79. The average molecular weight is 259 g/mol. The van der Waals surface area contributed by atoms with Gasteiger partial charge >= 0.3 is 0 Å². The van der Waals surface area contributed by atoms with Crippen molar-refractivity contribution >= 4 is 0 Å². The van der Waals surface area contributed by atoms with Gasteiger partial charge in [-0.25, -0.2) is 4.63 Å². The first-order valence-electron chi connectivity index (χ1n) is 5.82. The Bertz CT molecular complexity index is 601. The molecular formula is C13H13N3O3. The third-order valence-corrected chi connectivity index (χ3v) is 2.48. The van der Waals surface area contributed by atoms with Crippen molar-refractivity contribution in [2.24, 2.45) is 0 Å². The van der Waals surface area contributed by atoms with Crippen molar-refractivity contribution in [3.05, 3.63) is 35.2 Å². The number of nitriles is 1. The van der Waals surface area contributed by atoms with Crippen LogP contribution in [0.25, 0.3) is 0 Å². The Balaban J connectivity index is 2.15.